The number of amides is 2. The van der Waals surface area contributed by atoms with Crippen molar-refractivity contribution in [2.75, 3.05) is 20.7 Å². The lowest BCUT2D eigenvalue weighted by atomic mass is 10.1. The molecule has 1 aromatic rings. The first-order valence-corrected chi connectivity index (χ1v) is 8.70. The van der Waals surface area contributed by atoms with Crippen molar-refractivity contribution in [1.29, 1.82) is 0 Å². The zero-order chi connectivity index (χ0) is 19.9. The van der Waals surface area contributed by atoms with Crippen molar-refractivity contribution in [2.45, 2.75) is 52.0 Å². The molecule has 148 valence electrons. The van der Waals surface area contributed by atoms with Crippen LogP contribution in [0.2, 0.25) is 0 Å². The summed E-state index contributed by atoms with van der Waals surface area (Å²) in [7, 11) is 2.69. The van der Waals surface area contributed by atoms with Crippen molar-refractivity contribution < 1.29 is 28.7 Å². The third kappa shape index (κ3) is 3.75. The highest BCUT2D eigenvalue weighted by atomic mass is 16.7. The first-order chi connectivity index (χ1) is 12.6. The van der Waals surface area contributed by atoms with Gasteiger partial charge in [0.2, 0.25) is 6.10 Å². The summed E-state index contributed by atoms with van der Waals surface area (Å²) >= 11 is 0. The van der Waals surface area contributed by atoms with Crippen LogP contribution < -0.4 is 0 Å². The summed E-state index contributed by atoms with van der Waals surface area (Å²) in [4.78, 5) is 44.0. The number of rotatable bonds is 1. The maximum absolute atomic E-state index is 12.8. The minimum atomic E-state index is -0.978. The molecular formula is C17H24N4O6. The number of carbonyl (C=O) groups excluding carboxylic acids is 3. The highest BCUT2D eigenvalue weighted by molar-refractivity contribution is 5.94. The first kappa shape index (κ1) is 19.2. The van der Waals surface area contributed by atoms with E-state index in [0.717, 1.165) is 10.8 Å². The summed E-state index contributed by atoms with van der Waals surface area (Å²) in [6.07, 6.45) is -0.922. The molecule has 2 aliphatic rings. The number of fused-ring (bicyclic) bond motifs is 3. The smallest absolute Gasteiger partial charge is 0.410 e. The van der Waals surface area contributed by atoms with Crippen LogP contribution in [0.15, 0.2) is 0 Å². The third-order valence-corrected chi connectivity index (χ3v) is 4.33. The van der Waals surface area contributed by atoms with E-state index in [0.29, 0.717) is 24.2 Å². The fourth-order valence-corrected chi connectivity index (χ4v) is 3.11. The molecule has 0 aliphatic carbocycles. The van der Waals surface area contributed by atoms with E-state index in [1.807, 2.05) is 0 Å². The number of hydrogen-bond acceptors (Lipinski definition) is 7. The Kier molecular flexibility index (Phi) is 4.85. The maximum atomic E-state index is 12.8. The number of esters is 1. The quantitative estimate of drug-likeness (QED) is 0.662. The van der Waals surface area contributed by atoms with E-state index in [4.69, 9.17) is 14.3 Å². The van der Waals surface area contributed by atoms with Gasteiger partial charge in [-0.15, -0.1) is 0 Å². The first-order valence-electron chi connectivity index (χ1n) is 8.70. The van der Waals surface area contributed by atoms with Crippen LogP contribution in [0.4, 0.5) is 4.79 Å². The second-order valence-electron chi connectivity index (χ2n) is 7.53. The van der Waals surface area contributed by atoms with Gasteiger partial charge in [0.1, 0.15) is 11.3 Å². The van der Waals surface area contributed by atoms with Gasteiger partial charge in [-0.3, -0.25) is 14.3 Å². The van der Waals surface area contributed by atoms with Gasteiger partial charge in [0.05, 0.1) is 25.9 Å². The molecular weight excluding hydrogens is 356 g/mol. The van der Waals surface area contributed by atoms with E-state index in [1.54, 1.807) is 25.7 Å². The van der Waals surface area contributed by atoms with Gasteiger partial charge in [0, 0.05) is 25.6 Å². The number of hydroxylamine groups is 2. The lowest BCUT2D eigenvalue weighted by molar-refractivity contribution is -0.185. The average molecular weight is 380 g/mol. The van der Waals surface area contributed by atoms with E-state index in [2.05, 4.69) is 5.10 Å². The van der Waals surface area contributed by atoms with Crippen molar-refractivity contribution in [2.24, 2.45) is 0 Å². The third-order valence-electron chi connectivity index (χ3n) is 4.33. The zero-order valence-corrected chi connectivity index (χ0v) is 16.1. The molecule has 3 heterocycles. The minimum Gasteiger partial charge on any atom is -0.467 e. The molecule has 1 unspecified atom stereocenters. The molecule has 0 aromatic carbocycles. The molecule has 0 spiro atoms. The second-order valence-corrected chi connectivity index (χ2v) is 7.53. The molecule has 2 amide bonds. The molecule has 2 aliphatic heterocycles. The van der Waals surface area contributed by atoms with Crippen LogP contribution in [0.1, 0.15) is 42.5 Å². The molecule has 1 atom stereocenters. The van der Waals surface area contributed by atoms with E-state index < -0.39 is 29.7 Å². The molecule has 10 nitrogen and oxygen atoms in total. The Balaban J connectivity index is 1.91. The summed E-state index contributed by atoms with van der Waals surface area (Å²) in [5.74, 6) is -1.02. The topological polar surface area (TPSA) is 103 Å². The molecule has 0 saturated carbocycles. The lowest BCUT2D eigenvalue weighted by Crippen LogP contribution is -2.40. The Hall–Kier alpha value is -2.62. The SMILES string of the molecule is COC(=O)C1Cn2nc3c(c2C(=O)N(C)O1)CN(C(=O)OC(C)(C)C)CC3. The summed E-state index contributed by atoms with van der Waals surface area (Å²) in [6, 6.07) is 0. The standard InChI is InChI=1S/C17H24N4O6/c1-17(2,3)26-16(24)20-7-6-11-10(8-20)13-14(22)19(4)27-12(15(23)25-5)9-21(13)18-11/h12H,6-9H2,1-5H3. The number of nitrogens with zero attached hydrogens (tertiary/aromatic N) is 4. The van der Waals surface area contributed by atoms with Crippen molar-refractivity contribution in [3.05, 3.63) is 17.0 Å². The minimum absolute atomic E-state index is 0.0531. The predicted molar refractivity (Wildman–Crippen MR) is 91.6 cm³/mol. The average Bonchev–Trinajstić information content (AvgIpc) is 2.89. The molecule has 27 heavy (non-hydrogen) atoms. The lowest BCUT2D eigenvalue weighted by Gasteiger charge is -2.30. The molecule has 0 bridgehead atoms. The summed E-state index contributed by atoms with van der Waals surface area (Å²) in [5.41, 5.74) is 1.09. The van der Waals surface area contributed by atoms with Crippen LogP contribution in [-0.4, -0.2) is 70.1 Å². The highest BCUT2D eigenvalue weighted by Gasteiger charge is 2.38. The van der Waals surface area contributed by atoms with Crippen molar-refractivity contribution >= 4 is 18.0 Å². The Bertz CT molecular complexity index is 781. The van der Waals surface area contributed by atoms with Crippen LogP contribution in [-0.2, 0) is 38.6 Å². The van der Waals surface area contributed by atoms with Crippen molar-refractivity contribution in [1.82, 2.24) is 19.7 Å². The normalized spacial score (nSPS) is 19.9. The van der Waals surface area contributed by atoms with Gasteiger partial charge in [-0.25, -0.2) is 14.7 Å². The molecule has 0 N–H and O–H groups in total. The van der Waals surface area contributed by atoms with Crippen LogP contribution in [0, 0.1) is 0 Å². The number of ether oxygens (including phenoxy) is 2. The van der Waals surface area contributed by atoms with Crippen LogP contribution >= 0.6 is 0 Å². The van der Waals surface area contributed by atoms with Gasteiger partial charge in [0.15, 0.2) is 0 Å². The fourth-order valence-electron chi connectivity index (χ4n) is 3.11. The van der Waals surface area contributed by atoms with Crippen molar-refractivity contribution in [3.63, 3.8) is 0 Å². The molecule has 0 radical (unpaired) electrons. The van der Waals surface area contributed by atoms with E-state index in [9.17, 15) is 14.4 Å². The Labute approximate surface area is 156 Å². The van der Waals surface area contributed by atoms with Gasteiger partial charge in [-0.05, 0) is 20.8 Å². The Morgan fingerprint density at radius 2 is 2.00 bits per heavy atom. The number of carbonyl (C=O) groups is 3. The van der Waals surface area contributed by atoms with E-state index in [1.165, 1.54) is 18.8 Å². The molecule has 10 heteroatoms. The summed E-state index contributed by atoms with van der Waals surface area (Å²) in [5, 5.41) is 5.48. The molecule has 3 rings (SSSR count). The van der Waals surface area contributed by atoms with E-state index >= 15 is 0 Å². The van der Waals surface area contributed by atoms with Crippen LogP contribution in [0.25, 0.3) is 0 Å². The largest absolute Gasteiger partial charge is 0.467 e. The molecule has 0 fully saturated rings. The van der Waals surface area contributed by atoms with Gasteiger partial charge < -0.3 is 14.4 Å². The van der Waals surface area contributed by atoms with Crippen LogP contribution in [0.5, 0.6) is 0 Å². The highest BCUT2D eigenvalue weighted by Crippen LogP contribution is 2.27. The maximum Gasteiger partial charge on any atom is 0.410 e. The Morgan fingerprint density at radius 1 is 1.30 bits per heavy atom. The fraction of sp³-hybridized carbons (Fsp3) is 0.647. The molecule has 0 saturated heterocycles. The number of methoxy groups -OCH3 is 1. The number of aromatic nitrogens is 2. The monoisotopic (exact) mass is 380 g/mol. The van der Waals surface area contributed by atoms with Crippen molar-refractivity contribution in [3.8, 4) is 0 Å². The zero-order valence-electron chi connectivity index (χ0n) is 16.1. The Morgan fingerprint density at radius 3 is 2.63 bits per heavy atom. The summed E-state index contributed by atoms with van der Waals surface area (Å²) < 4.78 is 11.6. The summed E-state index contributed by atoms with van der Waals surface area (Å²) in [6.45, 7) is 6.11. The van der Waals surface area contributed by atoms with Gasteiger partial charge >= 0.3 is 12.1 Å². The predicted octanol–water partition coefficient (Wildman–Crippen LogP) is 0.735. The molecule has 1 aromatic heterocycles. The van der Waals surface area contributed by atoms with Gasteiger partial charge in [-0.1, -0.05) is 0 Å². The van der Waals surface area contributed by atoms with Gasteiger partial charge in [-0.2, -0.15) is 5.10 Å². The van der Waals surface area contributed by atoms with Crippen LogP contribution in [0.3, 0.4) is 0 Å². The van der Waals surface area contributed by atoms with E-state index in [-0.39, 0.29) is 13.1 Å². The van der Waals surface area contributed by atoms with Gasteiger partial charge in [0.25, 0.3) is 5.91 Å². The number of hydrogen-bond donors (Lipinski definition) is 0. The second kappa shape index (κ2) is 6.84.